The minimum absolute atomic E-state index is 0.135. The van der Waals surface area contributed by atoms with Gasteiger partial charge < -0.3 is 0 Å². The van der Waals surface area contributed by atoms with Gasteiger partial charge in [0.1, 0.15) is 0 Å². The molecule has 1 aromatic heterocycles. The van der Waals surface area contributed by atoms with Crippen molar-refractivity contribution in [1.29, 1.82) is 5.26 Å². The second kappa shape index (κ2) is 3.44. The summed E-state index contributed by atoms with van der Waals surface area (Å²) in [7, 11) is 0. The Kier molecular flexibility index (Phi) is 2.55. The van der Waals surface area contributed by atoms with Crippen molar-refractivity contribution in [2.24, 2.45) is 0 Å². The van der Waals surface area contributed by atoms with Crippen molar-refractivity contribution >= 4 is 15.9 Å². The SMILES string of the molecule is N#CCc1cc(Br)cc(F)n1. The first-order valence-corrected chi connectivity index (χ1v) is 3.70. The zero-order valence-electron chi connectivity index (χ0n) is 5.51. The van der Waals surface area contributed by atoms with E-state index in [4.69, 9.17) is 5.26 Å². The van der Waals surface area contributed by atoms with Gasteiger partial charge >= 0.3 is 0 Å². The summed E-state index contributed by atoms with van der Waals surface area (Å²) in [6, 6.07) is 4.76. The fraction of sp³-hybridized carbons (Fsp3) is 0.143. The van der Waals surface area contributed by atoms with Gasteiger partial charge in [0.05, 0.1) is 18.2 Å². The summed E-state index contributed by atoms with van der Waals surface area (Å²) < 4.78 is 13.1. The molecule has 1 heterocycles. The Morgan fingerprint density at radius 3 is 2.91 bits per heavy atom. The lowest BCUT2D eigenvalue weighted by Gasteiger charge is -1.94. The predicted molar refractivity (Wildman–Crippen MR) is 41.2 cm³/mol. The Bertz CT molecular complexity index is 286. The molecule has 0 aromatic carbocycles. The molecule has 11 heavy (non-hydrogen) atoms. The zero-order valence-corrected chi connectivity index (χ0v) is 7.10. The van der Waals surface area contributed by atoms with Crippen LogP contribution >= 0.6 is 15.9 Å². The van der Waals surface area contributed by atoms with E-state index < -0.39 is 5.95 Å². The number of hydrogen-bond acceptors (Lipinski definition) is 2. The number of pyridine rings is 1. The molecule has 0 N–H and O–H groups in total. The Balaban J connectivity index is 3.01. The third-order valence-corrected chi connectivity index (χ3v) is 1.53. The van der Waals surface area contributed by atoms with Crippen LogP contribution in [0.5, 0.6) is 0 Å². The Morgan fingerprint density at radius 2 is 2.36 bits per heavy atom. The first-order chi connectivity index (χ1) is 5.22. The molecule has 0 saturated heterocycles. The van der Waals surface area contributed by atoms with Gasteiger partial charge in [0, 0.05) is 10.5 Å². The molecule has 0 radical (unpaired) electrons. The number of aromatic nitrogens is 1. The average Bonchev–Trinajstić information content (AvgIpc) is 1.85. The molecule has 0 spiro atoms. The first kappa shape index (κ1) is 8.15. The molecule has 2 nitrogen and oxygen atoms in total. The van der Waals surface area contributed by atoms with Gasteiger partial charge in [-0.1, -0.05) is 15.9 Å². The highest BCUT2D eigenvalue weighted by Crippen LogP contribution is 2.11. The molecule has 0 atom stereocenters. The molecule has 56 valence electrons. The average molecular weight is 215 g/mol. The molecule has 0 bridgehead atoms. The highest BCUT2D eigenvalue weighted by molar-refractivity contribution is 9.10. The smallest absolute Gasteiger partial charge is 0.214 e. The summed E-state index contributed by atoms with van der Waals surface area (Å²) in [6.07, 6.45) is 0.135. The van der Waals surface area contributed by atoms with E-state index in [1.54, 1.807) is 6.07 Å². The largest absolute Gasteiger partial charge is 0.224 e. The molecule has 0 aliphatic rings. The first-order valence-electron chi connectivity index (χ1n) is 2.91. The maximum atomic E-state index is 12.5. The molecule has 0 aliphatic carbocycles. The van der Waals surface area contributed by atoms with E-state index in [2.05, 4.69) is 20.9 Å². The molecule has 0 unspecified atom stereocenters. The van der Waals surface area contributed by atoms with Crippen LogP contribution in [0, 0.1) is 17.3 Å². The maximum absolute atomic E-state index is 12.5. The summed E-state index contributed by atoms with van der Waals surface area (Å²) in [5.74, 6) is -0.565. The summed E-state index contributed by atoms with van der Waals surface area (Å²) in [5, 5.41) is 8.27. The lowest BCUT2D eigenvalue weighted by atomic mass is 10.3. The van der Waals surface area contributed by atoms with Crippen LogP contribution in [0.3, 0.4) is 0 Å². The summed E-state index contributed by atoms with van der Waals surface area (Å²) in [5.41, 5.74) is 0.444. The predicted octanol–water partition coefficient (Wildman–Crippen LogP) is 2.05. The molecule has 0 fully saturated rings. The van der Waals surface area contributed by atoms with Gasteiger partial charge in [-0.2, -0.15) is 9.65 Å². The van der Waals surface area contributed by atoms with Gasteiger partial charge in [-0.05, 0) is 6.07 Å². The molecule has 0 saturated carbocycles. The zero-order chi connectivity index (χ0) is 8.27. The van der Waals surface area contributed by atoms with Crippen molar-refractivity contribution in [2.45, 2.75) is 6.42 Å². The lowest BCUT2D eigenvalue weighted by Crippen LogP contribution is -1.90. The van der Waals surface area contributed by atoms with Crippen LogP contribution in [-0.2, 0) is 6.42 Å². The number of nitrogens with zero attached hydrogens (tertiary/aromatic N) is 2. The highest BCUT2D eigenvalue weighted by atomic mass is 79.9. The quantitative estimate of drug-likeness (QED) is 0.672. The van der Waals surface area contributed by atoms with Gasteiger partial charge in [-0.15, -0.1) is 0 Å². The molecule has 4 heteroatoms. The van der Waals surface area contributed by atoms with Gasteiger partial charge in [0.2, 0.25) is 5.95 Å². The number of halogens is 2. The minimum Gasteiger partial charge on any atom is -0.224 e. The summed E-state index contributed by atoms with van der Waals surface area (Å²) >= 11 is 3.09. The maximum Gasteiger partial charge on any atom is 0.214 e. The molecule has 1 aromatic rings. The number of rotatable bonds is 1. The standard InChI is InChI=1S/C7H4BrFN2/c8-5-3-6(1-2-10)11-7(9)4-5/h3-4H,1H2. The van der Waals surface area contributed by atoms with Gasteiger partial charge in [0.15, 0.2) is 0 Å². The minimum atomic E-state index is -0.565. The van der Waals surface area contributed by atoms with Crippen LogP contribution in [0.2, 0.25) is 0 Å². The van der Waals surface area contributed by atoms with Crippen LogP contribution in [0.4, 0.5) is 4.39 Å². The number of hydrogen-bond donors (Lipinski definition) is 0. The van der Waals surface area contributed by atoms with Crippen molar-refractivity contribution in [1.82, 2.24) is 4.98 Å². The Labute approximate surface area is 71.8 Å². The van der Waals surface area contributed by atoms with Gasteiger partial charge in [0.25, 0.3) is 0 Å². The van der Waals surface area contributed by atoms with E-state index in [1.165, 1.54) is 6.07 Å². The molecular formula is C7H4BrFN2. The van der Waals surface area contributed by atoms with E-state index in [-0.39, 0.29) is 6.42 Å². The van der Waals surface area contributed by atoms with E-state index in [1.807, 2.05) is 6.07 Å². The normalized spacial score (nSPS) is 9.18. The van der Waals surface area contributed by atoms with Crippen LogP contribution in [0.15, 0.2) is 16.6 Å². The Morgan fingerprint density at radius 1 is 1.64 bits per heavy atom. The fourth-order valence-corrected chi connectivity index (χ4v) is 1.14. The van der Waals surface area contributed by atoms with Crippen LogP contribution in [0.1, 0.15) is 5.69 Å². The third kappa shape index (κ3) is 2.28. The molecule has 0 amide bonds. The third-order valence-electron chi connectivity index (χ3n) is 1.07. The van der Waals surface area contributed by atoms with Gasteiger partial charge in [-0.25, -0.2) is 4.98 Å². The van der Waals surface area contributed by atoms with Crippen LogP contribution in [0.25, 0.3) is 0 Å². The fourth-order valence-electron chi connectivity index (χ4n) is 0.688. The summed E-state index contributed by atoms with van der Waals surface area (Å²) in [6.45, 7) is 0. The second-order valence-corrected chi connectivity index (χ2v) is 2.85. The molecule has 0 aliphatic heterocycles. The van der Waals surface area contributed by atoms with E-state index in [0.717, 1.165) is 0 Å². The van der Waals surface area contributed by atoms with Crippen molar-refractivity contribution in [3.8, 4) is 6.07 Å². The van der Waals surface area contributed by atoms with E-state index in [0.29, 0.717) is 10.2 Å². The van der Waals surface area contributed by atoms with E-state index >= 15 is 0 Å². The van der Waals surface area contributed by atoms with Crippen molar-refractivity contribution in [3.63, 3.8) is 0 Å². The second-order valence-electron chi connectivity index (χ2n) is 1.93. The van der Waals surface area contributed by atoms with E-state index in [9.17, 15) is 4.39 Å². The topological polar surface area (TPSA) is 36.7 Å². The molecular weight excluding hydrogens is 211 g/mol. The summed E-state index contributed by atoms with van der Waals surface area (Å²) in [4.78, 5) is 3.50. The van der Waals surface area contributed by atoms with Crippen molar-refractivity contribution in [3.05, 3.63) is 28.2 Å². The molecule has 1 rings (SSSR count). The van der Waals surface area contributed by atoms with Crippen LogP contribution < -0.4 is 0 Å². The van der Waals surface area contributed by atoms with Crippen molar-refractivity contribution < 1.29 is 4.39 Å². The lowest BCUT2D eigenvalue weighted by molar-refractivity contribution is 0.577. The monoisotopic (exact) mass is 214 g/mol. The highest BCUT2D eigenvalue weighted by Gasteiger charge is 1.98. The number of nitriles is 1. The van der Waals surface area contributed by atoms with Gasteiger partial charge in [-0.3, -0.25) is 0 Å². The van der Waals surface area contributed by atoms with Crippen molar-refractivity contribution in [2.75, 3.05) is 0 Å². The Hall–Kier alpha value is -0.950. The van der Waals surface area contributed by atoms with Crippen LogP contribution in [-0.4, -0.2) is 4.98 Å².